The van der Waals surface area contributed by atoms with Crippen LogP contribution in [0.25, 0.3) is 0 Å². The van der Waals surface area contributed by atoms with E-state index in [-0.39, 0.29) is 23.9 Å². The van der Waals surface area contributed by atoms with Crippen LogP contribution in [0.15, 0.2) is 0 Å². The Hall–Kier alpha value is -0.160. The summed E-state index contributed by atoms with van der Waals surface area (Å²) in [4.78, 5) is 0. The molecule has 0 aromatic rings. The van der Waals surface area contributed by atoms with E-state index in [0.717, 1.165) is 57.2 Å². The molecule has 4 saturated carbocycles. The average Bonchev–Trinajstić information content (AvgIpc) is 3.22. The molecule has 1 saturated heterocycles. The standard InChI is InChI=1S/C22H36O4/c1-20-8-9-22(25-12-13-26-22)14-15(20)2-3-16-17(20)6-7-21(10-11-23)18(16)4-5-19(21)24/h15-19,23-24H,2-14H2,1H3/t15?,16?,17?,18?,19-,20-,21+/m0/s1. The Balaban J connectivity index is 1.40. The SMILES string of the molecule is C[C@]12CCC3(CC1CCC1C2CC[C@@]2(CCO)C1CC[C@@H]2O)OCCO3. The van der Waals surface area contributed by atoms with Crippen molar-refractivity contribution >= 4 is 0 Å². The number of hydrogen-bond donors (Lipinski definition) is 2. The summed E-state index contributed by atoms with van der Waals surface area (Å²) in [5.74, 6) is 2.59. The molecule has 5 fully saturated rings. The van der Waals surface area contributed by atoms with Crippen molar-refractivity contribution in [2.24, 2.45) is 34.5 Å². The highest BCUT2D eigenvalue weighted by Crippen LogP contribution is 2.68. The molecule has 7 atom stereocenters. The van der Waals surface area contributed by atoms with Gasteiger partial charge in [-0.25, -0.2) is 0 Å². The smallest absolute Gasteiger partial charge is 0.168 e. The maximum Gasteiger partial charge on any atom is 0.168 e. The van der Waals surface area contributed by atoms with Gasteiger partial charge in [-0.3, -0.25) is 0 Å². The van der Waals surface area contributed by atoms with Crippen molar-refractivity contribution in [1.29, 1.82) is 0 Å². The van der Waals surface area contributed by atoms with E-state index in [4.69, 9.17) is 9.47 Å². The van der Waals surface area contributed by atoms with E-state index < -0.39 is 0 Å². The molecule has 1 aliphatic heterocycles. The molecule has 5 aliphatic rings. The van der Waals surface area contributed by atoms with Gasteiger partial charge in [0, 0.05) is 24.9 Å². The highest BCUT2D eigenvalue weighted by Gasteiger charge is 2.62. The Labute approximate surface area is 157 Å². The molecule has 1 heterocycles. The van der Waals surface area contributed by atoms with E-state index in [0.29, 0.717) is 17.3 Å². The summed E-state index contributed by atoms with van der Waals surface area (Å²) in [5.41, 5.74) is 0.412. The lowest BCUT2D eigenvalue weighted by Crippen LogP contribution is -2.57. The largest absolute Gasteiger partial charge is 0.396 e. The fraction of sp³-hybridized carbons (Fsp3) is 1.00. The van der Waals surface area contributed by atoms with Crippen molar-refractivity contribution in [3.8, 4) is 0 Å². The van der Waals surface area contributed by atoms with Gasteiger partial charge in [-0.15, -0.1) is 0 Å². The molecule has 0 radical (unpaired) electrons. The molecule has 4 nitrogen and oxygen atoms in total. The number of rotatable bonds is 2. The van der Waals surface area contributed by atoms with E-state index in [1.165, 1.54) is 32.1 Å². The molecule has 0 aromatic carbocycles. The zero-order valence-corrected chi connectivity index (χ0v) is 16.3. The predicted molar refractivity (Wildman–Crippen MR) is 98.4 cm³/mol. The number of aliphatic hydroxyl groups is 2. The third-order valence-electron chi connectivity index (χ3n) is 9.73. The lowest BCUT2D eigenvalue weighted by molar-refractivity contribution is -0.231. The van der Waals surface area contributed by atoms with Crippen molar-refractivity contribution in [2.45, 2.75) is 83.0 Å². The second kappa shape index (κ2) is 6.17. The van der Waals surface area contributed by atoms with Crippen LogP contribution in [-0.2, 0) is 9.47 Å². The number of hydrogen-bond acceptors (Lipinski definition) is 4. The molecule has 26 heavy (non-hydrogen) atoms. The fourth-order valence-electron chi connectivity index (χ4n) is 8.42. The average molecular weight is 365 g/mol. The second-order valence-corrected chi connectivity index (χ2v) is 10.3. The Morgan fingerprint density at radius 3 is 2.50 bits per heavy atom. The Morgan fingerprint density at radius 1 is 0.923 bits per heavy atom. The quantitative estimate of drug-likeness (QED) is 0.787. The van der Waals surface area contributed by atoms with Crippen LogP contribution in [0.2, 0.25) is 0 Å². The third kappa shape index (κ3) is 2.34. The van der Waals surface area contributed by atoms with Gasteiger partial charge in [0.05, 0.1) is 19.3 Å². The van der Waals surface area contributed by atoms with Gasteiger partial charge in [-0.1, -0.05) is 6.92 Å². The number of ether oxygens (including phenoxy) is 2. The van der Waals surface area contributed by atoms with Crippen molar-refractivity contribution in [3.63, 3.8) is 0 Å². The summed E-state index contributed by atoms with van der Waals surface area (Å²) >= 11 is 0. The number of aliphatic hydroxyl groups excluding tert-OH is 2. The minimum Gasteiger partial charge on any atom is -0.396 e. The normalized spacial score (nSPS) is 52.5. The lowest BCUT2D eigenvalue weighted by Gasteiger charge is -2.62. The molecular formula is C22H36O4. The van der Waals surface area contributed by atoms with Gasteiger partial charge in [0.25, 0.3) is 0 Å². The first-order chi connectivity index (χ1) is 12.5. The molecular weight excluding hydrogens is 328 g/mol. The van der Waals surface area contributed by atoms with Gasteiger partial charge in [0.15, 0.2) is 5.79 Å². The minimum atomic E-state index is -0.268. The summed E-state index contributed by atoms with van der Waals surface area (Å²) in [6, 6.07) is 0. The van der Waals surface area contributed by atoms with Crippen LogP contribution in [0.3, 0.4) is 0 Å². The molecule has 0 bridgehead atoms. The predicted octanol–water partition coefficient (Wildman–Crippen LogP) is 3.50. The Kier molecular flexibility index (Phi) is 4.25. The molecule has 2 N–H and O–H groups in total. The molecule has 0 amide bonds. The molecule has 1 spiro atoms. The summed E-state index contributed by atoms with van der Waals surface area (Å²) in [6.45, 7) is 4.31. The van der Waals surface area contributed by atoms with Crippen LogP contribution >= 0.6 is 0 Å². The second-order valence-electron chi connectivity index (χ2n) is 10.3. The zero-order valence-electron chi connectivity index (χ0n) is 16.3. The van der Waals surface area contributed by atoms with E-state index >= 15 is 0 Å². The monoisotopic (exact) mass is 364 g/mol. The van der Waals surface area contributed by atoms with Gasteiger partial charge < -0.3 is 19.7 Å². The lowest BCUT2D eigenvalue weighted by atomic mass is 9.44. The Bertz CT molecular complexity index is 544. The third-order valence-corrected chi connectivity index (χ3v) is 9.73. The van der Waals surface area contributed by atoms with Crippen LogP contribution < -0.4 is 0 Å². The van der Waals surface area contributed by atoms with E-state index in [1.54, 1.807) is 0 Å². The van der Waals surface area contributed by atoms with Crippen molar-refractivity contribution in [3.05, 3.63) is 0 Å². The summed E-state index contributed by atoms with van der Waals surface area (Å²) in [5, 5.41) is 20.5. The van der Waals surface area contributed by atoms with Gasteiger partial charge in [0.2, 0.25) is 0 Å². The first kappa shape index (κ1) is 17.9. The highest BCUT2D eigenvalue weighted by molar-refractivity contribution is 5.11. The van der Waals surface area contributed by atoms with Crippen LogP contribution in [0.5, 0.6) is 0 Å². The van der Waals surface area contributed by atoms with Crippen molar-refractivity contribution < 1.29 is 19.7 Å². The van der Waals surface area contributed by atoms with Gasteiger partial charge >= 0.3 is 0 Å². The topological polar surface area (TPSA) is 58.9 Å². The van der Waals surface area contributed by atoms with Crippen LogP contribution in [0.1, 0.15) is 71.1 Å². The van der Waals surface area contributed by atoms with Gasteiger partial charge in [0.1, 0.15) is 0 Å². The first-order valence-electron chi connectivity index (χ1n) is 11.1. The minimum absolute atomic E-state index is 0.00662. The molecule has 4 unspecified atom stereocenters. The zero-order chi connectivity index (χ0) is 18.0. The summed E-state index contributed by atoms with van der Waals surface area (Å²) in [7, 11) is 0. The molecule has 5 rings (SSSR count). The fourth-order valence-corrected chi connectivity index (χ4v) is 8.42. The van der Waals surface area contributed by atoms with Crippen LogP contribution in [-0.4, -0.2) is 41.9 Å². The maximum atomic E-state index is 10.8. The van der Waals surface area contributed by atoms with E-state index in [1.807, 2.05) is 0 Å². The van der Waals surface area contributed by atoms with Crippen LogP contribution in [0.4, 0.5) is 0 Å². The van der Waals surface area contributed by atoms with Crippen LogP contribution in [0, 0.1) is 34.5 Å². The molecule has 4 aliphatic carbocycles. The first-order valence-corrected chi connectivity index (χ1v) is 11.1. The van der Waals surface area contributed by atoms with E-state index in [2.05, 4.69) is 6.92 Å². The van der Waals surface area contributed by atoms with Gasteiger partial charge in [-0.05, 0) is 80.5 Å². The summed E-state index contributed by atoms with van der Waals surface area (Å²) in [6.07, 6.45) is 11.0. The molecule has 0 aromatic heterocycles. The highest BCUT2D eigenvalue weighted by atomic mass is 16.7. The number of fused-ring (bicyclic) bond motifs is 5. The molecule has 4 heteroatoms. The molecule has 148 valence electrons. The maximum absolute atomic E-state index is 10.8. The van der Waals surface area contributed by atoms with E-state index in [9.17, 15) is 10.2 Å². The van der Waals surface area contributed by atoms with Crippen molar-refractivity contribution in [2.75, 3.05) is 19.8 Å². The Morgan fingerprint density at radius 2 is 1.73 bits per heavy atom. The summed E-state index contributed by atoms with van der Waals surface area (Å²) < 4.78 is 12.1. The van der Waals surface area contributed by atoms with Crippen molar-refractivity contribution in [1.82, 2.24) is 0 Å². The van der Waals surface area contributed by atoms with Gasteiger partial charge in [-0.2, -0.15) is 0 Å².